The van der Waals surface area contributed by atoms with Crippen LogP contribution in [-0.4, -0.2) is 53.1 Å². The highest BCUT2D eigenvalue weighted by molar-refractivity contribution is 5.79. The van der Waals surface area contributed by atoms with Crippen molar-refractivity contribution in [2.45, 2.75) is 26.8 Å². The van der Waals surface area contributed by atoms with Crippen LogP contribution in [0.2, 0.25) is 0 Å². The van der Waals surface area contributed by atoms with E-state index in [9.17, 15) is 0 Å². The minimum atomic E-state index is 0.558. The molecule has 0 heterocycles. The van der Waals surface area contributed by atoms with Gasteiger partial charge in [0.1, 0.15) is 5.75 Å². The summed E-state index contributed by atoms with van der Waals surface area (Å²) in [7, 11) is 3.39. The lowest BCUT2D eigenvalue weighted by atomic mass is 10.1. The number of nitrogens with one attached hydrogen (secondary N) is 2. The van der Waals surface area contributed by atoms with E-state index in [0.29, 0.717) is 26.4 Å². The molecule has 0 atom stereocenters. The number of aliphatic imine (C=N–C) groups is 1. The van der Waals surface area contributed by atoms with Gasteiger partial charge in [0.05, 0.1) is 19.8 Å². The maximum atomic E-state index is 5.90. The smallest absolute Gasteiger partial charge is 0.191 e. The van der Waals surface area contributed by atoms with Crippen molar-refractivity contribution in [1.29, 1.82) is 0 Å². The van der Waals surface area contributed by atoms with Crippen molar-refractivity contribution >= 4 is 5.96 Å². The van der Waals surface area contributed by atoms with Gasteiger partial charge in [0.15, 0.2) is 5.96 Å². The summed E-state index contributed by atoms with van der Waals surface area (Å²) in [5.74, 6) is 1.67. The van der Waals surface area contributed by atoms with Gasteiger partial charge in [0.25, 0.3) is 0 Å². The van der Waals surface area contributed by atoms with Crippen molar-refractivity contribution in [3.05, 3.63) is 29.3 Å². The summed E-state index contributed by atoms with van der Waals surface area (Å²) in [6.07, 6.45) is 0.869. The van der Waals surface area contributed by atoms with Crippen LogP contribution in [0.15, 0.2) is 23.2 Å². The van der Waals surface area contributed by atoms with Gasteiger partial charge in [-0.3, -0.25) is 0 Å². The molecule has 6 heteroatoms. The van der Waals surface area contributed by atoms with Crippen molar-refractivity contribution < 1.29 is 14.2 Å². The fraction of sp³-hybridized carbons (Fsp3) is 0.611. The Balaban J connectivity index is 2.70. The maximum absolute atomic E-state index is 5.90. The lowest BCUT2D eigenvalue weighted by Crippen LogP contribution is -2.38. The van der Waals surface area contributed by atoms with Crippen molar-refractivity contribution in [2.24, 2.45) is 4.99 Å². The van der Waals surface area contributed by atoms with Gasteiger partial charge in [0.2, 0.25) is 0 Å². The van der Waals surface area contributed by atoms with Crippen LogP contribution in [0, 0.1) is 6.92 Å². The molecule has 2 N–H and O–H groups in total. The zero-order valence-corrected chi connectivity index (χ0v) is 15.4. The number of benzene rings is 1. The summed E-state index contributed by atoms with van der Waals surface area (Å²) < 4.78 is 16.0. The third-order valence-electron chi connectivity index (χ3n) is 3.32. The molecule has 0 unspecified atom stereocenters. The van der Waals surface area contributed by atoms with Gasteiger partial charge in [-0.2, -0.15) is 0 Å². The van der Waals surface area contributed by atoms with Crippen molar-refractivity contribution in [2.75, 3.05) is 47.1 Å². The van der Waals surface area contributed by atoms with Crippen LogP contribution in [-0.2, 0) is 16.0 Å². The Labute approximate surface area is 145 Å². The molecule has 0 fully saturated rings. The Bertz CT molecular complexity index is 492. The number of guanidine groups is 1. The number of ether oxygens (including phenoxy) is 3. The van der Waals surface area contributed by atoms with E-state index in [1.165, 1.54) is 5.56 Å². The number of hydrogen-bond acceptors (Lipinski definition) is 4. The summed E-state index contributed by atoms with van der Waals surface area (Å²) in [6, 6.07) is 6.21. The third kappa shape index (κ3) is 8.17. The molecule has 0 saturated carbocycles. The lowest BCUT2D eigenvalue weighted by molar-refractivity contribution is 0.172. The first-order valence-corrected chi connectivity index (χ1v) is 8.43. The summed E-state index contributed by atoms with van der Waals surface area (Å²) in [5.41, 5.74) is 2.25. The van der Waals surface area contributed by atoms with Gasteiger partial charge < -0.3 is 24.8 Å². The van der Waals surface area contributed by atoms with E-state index in [1.54, 1.807) is 14.2 Å². The second-order valence-electron chi connectivity index (χ2n) is 5.42. The summed E-state index contributed by atoms with van der Waals surface area (Å²) in [5, 5.41) is 6.47. The highest BCUT2D eigenvalue weighted by Crippen LogP contribution is 2.21. The highest BCUT2D eigenvalue weighted by Gasteiger charge is 2.05. The minimum absolute atomic E-state index is 0.558. The van der Waals surface area contributed by atoms with Gasteiger partial charge >= 0.3 is 0 Å². The quantitative estimate of drug-likeness (QED) is 0.368. The van der Waals surface area contributed by atoms with E-state index in [-0.39, 0.29) is 0 Å². The Morgan fingerprint density at radius 1 is 1.08 bits per heavy atom. The van der Waals surface area contributed by atoms with Gasteiger partial charge in [-0.25, -0.2) is 4.99 Å². The topological polar surface area (TPSA) is 64.1 Å². The Hall–Kier alpha value is -1.79. The van der Waals surface area contributed by atoms with Crippen LogP contribution in [0.4, 0.5) is 0 Å². The van der Waals surface area contributed by atoms with E-state index in [2.05, 4.69) is 40.7 Å². The zero-order valence-electron chi connectivity index (χ0n) is 15.4. The SMILES string of the molecule is CCNC(=NCc1ccc(C)cc1OCCCOC)NCCOC. The molecule has 0 aliphatic carbocycles. The lowest BCUT2D eigenvalue weighted by Gasteiger charge is -2.13. The second-order valence-corrected chi connectivity index (χ2v) is 5.42. The van der Waals surface area contributed by atoms with E-state index in [0.717, 1.165) is 36.8 Å². The number of methoxy groups -OCH3 is 2. The van der Waals surface area contributed by atoms with Gasteiger partial charge in [-0.15, -0.1) is 0 Å². The van der Waals surface area contributed by atoms with Crippen LogP contribution >= 0.6 is 0 Å². The minimum Gasteiger partial charge on any atom is -0.493 e. The number of rotatable bonds is 11. The average Bonchev–Trinajstić information content (AvgIpc) is 2.58. The Morgan fingerprint density at radius 3 is 2.58 bits per heavy atom. The molecule has 1 rings (SSSR count). The molecule has 1 aromatic carbocycles. The second kappa shape index (κ2) is 12.6. The van der Waals surface area contributed by atoms with Gasteiger partial charge in [-0.05, 0) is 25.5 Å². The fourth-order valence-electron chi connectivity index (χ4n) is 2.09. The van der Waals surface area contributed by atoms with Gasteiger partial charge in [-0.1, -0.05) is 12.1 Å². The first kappa shape index (κ1) is 20.3. The zero-order chi connectivity index (χ0) is 17.6. The molecule has 0 aliphatic heterocycles. The molecule has 0 bridgehead atoms. The number of hydrogen-bond donors (Lipinski definition) is 2. The summed E-state index contributed by atoms with van der Waals surface area (Å²) in [4.78, 5) is 4.62. The summed E-state index contributed by atoms with van der Waals surface area (Å²) >= 11 is 0. The fourth-order valence-corrected chi connectivity index (χ4v) is 2.09. The number of nitrogens with zero attached hydrogens (tertiary/aromatic N) is 1. The van der Waals surface area contributed by atoms with Gasteiger partial charge in [0, 0.05) is 45.9 Å². The number of aryl methyl sites for hydroxylation is 1. The molecule has 0 aromatic heterocycles. The van der Waals surface area contributed by atoms with Crippen molar-refractivity contribution in [1.82, 2.24) is 10.6 Å². The predicted octanol–water partition coefficient (Wildman–Crippen LogP) is 2.11. The van der Waals surface area contributed by atoms with E-state index >= 15 is 0 Å². The molecule has 0 aliphatic rings. The summed E-state index contributed by atoms with van der Waals surface area (Å²) in [6.45, 7) is 8.18. The third-order valence-corrected chi connectivity index (χ3v) is 3.32. The molecule has 0 spiro atoms. The molecule has 136 valence electrons. The van der Waals surface area contributed by atoms with E-state index in [4.69, 9.17) is 14.2 Å². The molecular weight excluding hydrogens is 306 g/mol. The Kier molecular flexibility index (Phi) is 10.6. The molecule has 24 heavy (non-hydrogen) atoms. The van der Waals surface area contributed by atoms with Crippen LogP contribution in [0.5, 0.6) is 5.75 Å². The normalized spacial score (nSPS) is 11.4. The molecular formula is C18H31N3O3. The first-order chi connectivity index (χ1) is 11.7. The highest BCUT2D eigenvalue weighted by atomic mass is 16.5. The van der Waals surface area contributed by atoms with Crippen LogP contribution in [0.3, 0.4) is 0 Å². The molecule has 6 nitrogen and oxygen atoms in total. The largest absolute Gasteiger partial charge is 0.493 e. The average molecular weight is 337 g/mol. The maximum Gasteiger partial charge on any atom is 0.191 e. The van der Waals surface area contributed by atoms with E-state index < -0.39 is 0 Å². The monoisotopic (exact) mass is 337 g/mol. The van der Waals surface area contributed by atoms with Crippen LogP contribution in [0.25, 0.3) is 0 Å². The first-order valence-electron chi connectivity index (χ1n) is 8.43. The molecule has 0 saturated heterocycles. The van der Waals surface area contributed by atoms with Crippen molar-refractivity contribution in [3.63, 3.8) is 0 Å². The standard InChI is InChI=1S/C18H31N3O3/c1-5-19-18(20-9-12-23-4)21-14-16-8-7-15(2)13-17(16)24-11-6-10-22-3/h7-8,13H,5-6,9-12,14H2,1-4H3,(H2,19,20,21). The molecule has 0 amide bonds. The predicted molar refractivity (Wildman–Crippen MR) is 97.9 cm³/mol. The molecule has 0 radical (unpaired) electrons. The molecule has 1 aromatic rings. The van der Waals surface area contributed by atoms with E-state index in [1.807, 2.05) is 6.92 Å². The van der Waals surface area contributed by atoms with Crippen molar-refractivity contribution in [3.8, 4) is 5.75 Å². The van der Waals surface area contributed by atoms with Crippen LogP contribution < -0.4 is 15.4 Å². The Morgan fingerprint density at radius 2 is 1.88 bits per heavy atom. The van der Waals surface area contributed by atoms with Crippen LogP contribution in [0.1, 0.15) is 24.5 Å².